The normalized spacial score (nSPS) is 28.1. The number of nitrogens with zero attached hydrogens (tertiary/aromatic N) is 1. The molecule has 2 aliphatic rings. The average molecular weight is 228 g/mol. The number of morpholine rings is 1. The van der Waals surface area contributed by atoms with E-state index in [1.165, 1.54) is 25.7 Å². The van der Waals surface area contributed by atoms with Crippen LogP contribution in [-0.2, 0) is 4.74 Å². The molecule has 1 unspecified atom stereocenters. The van der Waals surface area contributed by atoms with Crippen molar-refractivity contribution in [3.05, 3.63) is 0 Å². The lowest BCUT2D eigenvalue weighted by molar-refractivity contribution is 0.00536. The monoisotopic (exact) mass is 228 g/mol. The van der Waals surface area contributed by atoms with E-state index in [0.29, 0.717) is 12.1 Å². The van der Waals surface area contributed by atoms with Crippen LogP contribution in [0.3, 0.4) is 0 Å². The van der Waals surface area contributed by atoms with Crippen molar-refractivity contribution in [2.75, 3.05) is 19.7 Å². The maximum Gasteiger partial charge on any atom is 0.169 e. The first-order valence-electron chi connectivity index (χ1n) is 5.93. The van der Waals surface area contributed by atoms with Crippen molar-refractivity contribution in [2.45, 2.75) is 44.8 Å². The third-order valence-electron chi connectivity index (χ3n) is 3.21. The molecule has 1 N–H and O–H groups in total. The van der Waals surface area contributed by atoms with Gasteiger partial charge in [0.15, 0.2) is 5.11 Å². The Hall–Kier alpha value is -0.350. The van der Waals surface area contributed by atoms with Gasteiger partial charge in [-0.05, 0) is 32.0 Å². The third-order valence-corrected chi connectivity index (χ3v) is 3.59. The fourth-order valence-corrected chi connectivity index (χ4v) is 2.67. The molecule has 2 fully saturated rings. The molecule has 0 amide bonds. The van der Waals surface area contributed by atoms with E-state index in [9.17, 15) is 0 Å². The van der Waals surface area contributed by atoms with Gasteiger partial charge in [0.1, 0.15) is 0 Å². The minimum atomic E-state index is 0.307. The lowest BCUT2D eigenvalue weighted by atomic mass is 10.2. The molecule has 15 heavy (non-hydrogen) atoms. The van der Waals surface area contributed by atoms with Crippen LogP contribution >= 0.6 is 12.2 Å². The summed E-state index contributed by atoms with van der Waals surface area (Å²) in [5.74, 6) is 0. The number of thiocarbonyl (C=S) groups is 1. The summed E-state index contributed by atoms with van der Waals surface area (Å²) in [4.78, 5) is 2.24. The van der Waals surface area contributed by atoms with Crippen LogP contribution in [-0.4, -0.2) is 41.9 Å². The molecule has 0 aromatic rings. The predicted octanol–water partition coefficient (Wildman–Crippen LogP) is 1.52. The molecule has 0 radical (unpaired) electrons. The van der Waals surface area contributed by atoms with Crippen LogP contribution in [0.15, 0.2) is 0 Å². The van der Waals surface area contributed by atoms with Gasteiger partial charge in [-0.1, -0.05) is 12.8 Å². The number of hydrogen-bond acceptors (Lipinski definition) is 2. The minimum Gasteiger partial charge on any atom is -0.375 e. The minimum absolute atomic E-state index is 0.307. The Morgan fingerprint density at radius 1 is 1.40 bits per heavy atom. The van der Waals surface area contributed by atoms with Crippen molar-refractivity contribution in [1.82, 2.24) is 10.2 Å². The SMILES string of the molecule is CC1CN(C(=S)NC2CCCC2)CCO1. The Bertz CT molecular complexity index is 229. The Morgan fingerprint density at radius 2 is 2.13 bits per heavy atom. The topological polar surface area (TPSA) is 24.5 Å². The zero-order valence-corrected chi connectivity index (χ0v) is 10.2. The second-order valence-electron chi connectivity index (χ2n) is 4.56. The molecule has 1 aliphatic carbocycles. The van der Waals surface area contributed by atoms with Crippen LogP contribution in [0, 0.1) is 0 Å². The van der Waals surface area contributed by atoms with Gasteiger partial charge < -0.3 is 15.0 Å². The molecule has 2 rings (SSSR count). The van der Waals surface area contributed by atoms with Gasteiger partial charge in [0.2, 0.25) is 0 Å². The van der Waals surface area contributed by atoms with Crippen LogP contribution < -0.4 is 5.32 Å². The number of rotatable bonds is 1. The van der Waals surface area contributed by atoms with Gasteiger partial charge in [0.05, 0.1) is 12.7 Å². The molecule has 0 bridgehead atoms. The summed E-state index contributed by atoms with van der Waals surface area (Å²) in [6.45, 7) is 4.76. The molecule has 1 aliphatic heterocycles. The molecule has 4 heteroatoms. The van der Waals surface area contributed by atoms with E-state index in [1.54, 1.807) is 0 Å². The largest absolute Gasteiger partial charge is 0.375 e. The van der Waals surface area contributed by atoms with Gasteiger partial charge in [-0.3, -0.25) is 0 Å². The zero-order valence-electron chi connectivity index (χ0n) is 9.37. The van der Waals surface area contributed by atoms with Crippen LogP contribution in [0.2, 0.25) is 0 Å². The van der Waals surface area contributed by atoms with Crippen LogP contribution in [0.25, 0.3) is 0 Å². The Balaban J connectivity index is 1.78. The quantitative estimate of drug-likeness (QED) is 0.688. The van der Waals surface area contributed by atoms with Crippen molar-refractivity contribution in [1.29, 1.82) is 0 Å². The molecular weight excluding hydrogens is 208 g/mol. The summed E-state index contributed by atoms with van der Waals surface area (Å²) < 4.78 is 5.50. The predicted molar refractivity (Wildman–Crippen MR) is 65.0 cm³/mol. The standard InChI is InChI=1S/C11H20N2OS/c1-9-8-13(6-7-14-9)11(15)12-10-4-2-3-5-10/h9-10H,2-8H2,1H3,(H,12,15). The van der Waals surface area contributed by atoms with Crippen molar-refractivity contribution in [3.63, 3.8) is 0 Å². The molecule has 0 spiro atoms. The van der Waals surface area contributed by atoms with Crippen molar-refractivity contribution >= 4 is 17.3 Å². The van der Waals surface area contributed by atoms with Crippen molar-refractivity contribution in [2.24, 2.45) is 0 Å². The van der Waals surface area contributed by atoms with E-state index in [0.717, 1.165) is 24.8 Å². The molecule has 0 aromatic carbocycles. The Morgan fingerprint density at radius 3 is 2.80 bits per heavy atom. The summed E-state index contributed by atoms with van der Waals surface area (Å²) in [5, 5.41) is 4.40. The molecule has 86 valence electrons. The van der Waals surface area contributed by atoms with E-state index >= 15 is 0 Å². The highest BCUT2D eigenvalue weighted by molar-refractivity contribution is 7.80. The lowest BCUT2D eigenvalue weighted by Crippen LogP contribution is -2.50. The first kappa shape index (κ1) is 11.1. The summed E-state index contributed by atoms with van der Waals surface area (Å²) in [6.07, 6.45) is 5.56. The van der Waals surface area contributed by atoms with Crippen LogP contribution in [0.1, 0.15) is 32.6 Å². The van der Waals surface area contributed by atoms with Gasteiger partial charge >= 0.3 is 0 Å². The van der Waals surface area contributed by atoms with E-state index in [1.807, 2.05) is 0 Å². The second-order valence-corrected chi connectivity index (χ2v) is 4.94. The zero-order chi connectivity index (χ0) is 10.7. The van der Waals surface area contributed by atoms with Crippen LogP contribution in [0.5, 0.6) is 0 Å². The highest BCUT2D eigenvalue weighted by atomic mass is 32.1. The van der Waals surface area contributed by atoms with E-state index in [4.69, 9.17) is 17.0 Å². The van der Waals surface area contributed by atoms with Gasteiger partial charge in [-0.15, -0.1) is 0 Å². The summed E-state index contributed by atoms with van der Waals surface area (Å²) in [7, 11) is 0. The molecule has 1 saturated carbocycles. The average Bonchev–Trinajstić information content (AvgIpc) is 2.70. The highest BCUT2D eigenvalue weighted by Crippen LogP contribution is 2.18. The van der Waals surface area contributed by atoms with Gasteiger partial charge in [-0.2, -0.15) is 0 Å². The van der Waals surface area contributed by atoms with Crippen molar-refractivity contribution < 1.29 is 4.74 Å². The number of nitrogens with one attached hydrogen (secondary N) is 1. The van der Waals surface area contributed by atoms with Gasteiger partial charge in [-0.25, -0.2) is 0 Å². The molecule has 3 nitrogen and oxygen atoms in total. The first-order chi connectivity index (χ1) is 7.25. The summed E-state index contributed by atoms with van der Waals surface area (Å²) in [6, 6.07) is 0.621. The molecule has 1 atom stereocenters. The van der Waals surface area contributed by atoms with E-state index in [2.05, 4.69) is 17.1 Å². The molecule has 1 heterocycles. The first-order valence-corrected chi connectivity index (χ1v) is 6.33. The number of hydrogen-bond donors (Lipinski definition) is 1. The summed E-state index contributed by atoms with van der Waals surface area (Å²) in [5.41, 5.74) is 0. The fourth-order valence-electron chi connectivity index (χ4n) is 2.34. The Kier molecular flexibility index (Phi) is 3.81. The summed E-state index contributed by atoms with van der Waals surface area (Å²) >= 11 is 5.42. The molecule has 1 saturated heterocycles. The maximum absolute atomic E-state index is 5.50. The van der Waals surface area contributed by atoms with Gasteiger partial charge in [0.25, 0.3) is 0 Å². The van der Waals surface area contributed by atoms with Gasteiger partial charge in [0, 0.05) is 19.1 Å². The molecule has 0 aromatic heterocycles. The smallest absolute Gasteiger partial charge is 0.169 e. The van der Waals surface area contributed by atoms with Crippen molar-refractivity contribution in [3.8, 4) is 0 Å². The third kappa shape index (κ3) is 3.05. The fraction of sp³-hybridized carbons (Fsp3) is 0.909. The van der Waals surface area contributed by atoms with Crippen LogP contribution in [0.4, 0.5) is 0 Å². The maximum atomic E-state index is 5.50. The molecular formula is C11H20N2OS. The van der Waals surface area contributed by atoms with E-state index in [-0.39, 0.29) is 0 Å². The number of ether oxygens (including phenoxy) is 1. The second kappa shape index (κ2) is 5.12. The van der Waals surface area contributed by atoms with E-state index < -0.39 is 0 Å². The Labute approximate surface area is 97.2 Å². The highest BCUT2D eigenvalue weighted by Gasteiger charge is 2.22. The lowest BCUT2D eigenvalue weighted by Gasteiger charge is -2.34.